The molecule has 1 aromatic carbocycles. The molecule has 0 saturated carbocycles. The van der Waals surface area contributed by atoms with Gasteiger partial charge in [-0.1, -0.05) is 12.1 Å². The number of aryl methyl sites for hydroxylation is 2. The van der Waals surface area contributed by atoms with Crippen LogP contribution in [0.2, 0.25) is 0 Å². The second-order valence-electron chi connectivity index (χ2n) is 6.71. The summed E-state index contributed by atoms with van der Waals surface area (Å²) >= 11 is 0. The SMILES string of the molecule is Cc1cc2n(CC(O)CN3C(=O)c4ccccc4C3=O)c(C)cc(=O)n2n1. The minimum absolute atomic E-state index is 0.119. The number of amides is 2. The Morgan fingerprint density at radius 3 is 2.26 bits per heavy atom. The molecule has 1 aliphatic heterocycles. The molecule has 8 nitrogen and oxygen atoms in total. The molecule has 1 atom stereocenters. The second-order valence-corrected chi connectivity index (χ2v) is 6.71. The molecule has 2 aromatic heterocycles. The van der Waals surface area contributed by atoms with Crippen molar-refractivity contribution < 1.29 is 14.7 Å². The first-order valence-corrected chi connectivity index (χ1v) is 8.57. The van der Waals surface area contributed by atoms with Crippen molar-refractivity contribution in [2.24, 2.45) is 0 Å². The summed E-state index contributed by atoms with van der Waals surface area (Å²) < 4.78 is 3.03. The van der Waals surface area contributed by atoms with Gasteiger partial charge in [0.1, 0.15) is 5.65 Å². The zero-order valence-electron chi connectivity index (χ0n) is 14.9. The lowest BCUT2D eigenvalue weighted by molar-refractivity contribution is 0.0521. The summed E-state index contributed by atoms with van der Waals surface area (Å²) in [5.74, 6) is -0.812. The molecule has 0 aliphatic carbocycles. The van der Waals surface area contributed by atoms with Crippen molar-refractivity contribution >= 4 is 17.5 Å². The van der Waals surface area contributed by atoms with Gasteiger partial charge < -0.3 is 9.67 Å². The van der Waals surface area contributed by atoms with Gasteiger partial charge in [-0.15, -0.1) is 0 Å². The molecular formula is C19H18N4O4. The van der Waals surface area contributed by atoms with Crippen molar-refractivity contribution in [2.45, 2.75) is 26.5 Å². The van der Waals surface area contributed by atoms with Crippen LogP contribution >= 0.6 is 0 Å². The summed E-state index contributed by atoms with van der Waals surface area (Å²) in [5, 5.41) is 14.7. The minimum Gasteiger partial charge on any atom is -0.389 e. The zero-order valence-corrected chi connectivity index (χ0v) is 14.9. The van der Waals surface area contributed by atoms with Crippen molar-refractivity contribution in [3.8, 4) is 0 Å². The molecule has 27 heavy (non-hydrogen) atoms. The number of benzene rings is 1. The van der Waals surface area contributed by atoms with Gasteiger partial charge in [-0.3, -0.25) is 19.3 Å². The summed E-state index contributed by atoms with van der Waals surface area (Å²) in [4.78, 5) is 38.0. The quantitative estimate of drug-likeness (QED) is 0.688. The number of nitrogens with zero attached hydrogens (tertiary/aromatic N) is 4. The third-order valence-corrected chi connectivity index (χ3v) is 4.72. The molecular weight excluding hydrogens is 348 g/mol. The highest BCUT2D eigenvalue weighted by atomic mass is 16.3. The molecule has 0 bridgehead atoms. The van der Waals surface area contributed by atoms with Crippen molar-refractivity contribution in [1.82, 2.24) is 19.1 Å². The highest BCUT2D eigenvalue weighted by Gasteiger charge is 2.36. The fourth-order valence-electron chi connectivity index (χ4n) is 3.46. The number of hydrogen-bond donors (Lipinski definition) is 1. The molecule has 0 saturated heterocycles. The van der Waals surface area contributed by atoms with E-state index in [2.05, 4.69) is 5.10 Å². The van der Waals surface area contributed by atoms with E-state index in [1.54, 1.807) is 48.7 Å². The predicted molar refractivity (Wildman–Crippen MR) is 96.7 cm³/mol. The van der Waals surface area contributed by atoms with E-state index in [9.17, 15) is 19.5 Å². The Labute approximate surface area is 154 Å². The van der Waals surface area contributed by atoms with Crippen molar-refractivity contribution in [1.29, 1.82) is 0 Å². The Hall–Kier alpha value is -3.26. The molecule has 3 aromatic rings. The third-order valence-electron chi connectivity index (χ3n) is 4.72. The standard InChI is InChI=1S/C19H18N4O4/c1-11-7-16-21(12(2)8-17(25)23(16)20-11)9-13(24)10-22-18(26)14-5-3-4-6-15(14)19(22)27/h3-8,13,24H,9-10H2,1-2H3. The lowest BCUT2D eigenvalue weighted by Gasteiger charge is -2.21. The molecule has 0 spiro atoms. The minimum atomic E-state index is -0.993. The first kappa shape index (κ1) is 17.2. The van der Waals surface area contributed by atoms with E-state index in [0.717, 1.165) is 4.90 Å². The Bertz CT molecular complexity index is 1110. The second kappa shape index (κ2) is 6.17. The molecule has 3 heterocycles. The number of β-amino-alcohol motifs (C(OH)–C–C–N with tert-alkyl or cyclic N) is 1. The van der Waals surface area contributed by atoms with E-state index in [1.165, 1.54) is 10.6 Å². The molecule has 0 radical (unpaired) electrons. The topological polar surface area (TPSA) is 96.9 Å². The van der Waals surface area contributed by atoms with E-state index in [4.69, 9.17) is 0 Å². The smallest absolute Gasteiger partial charge is 0.274 e. The molecule has 1 aliphatic rings. The van der Waals surface area contributed by atoms with Crippen LogP contribution in [-0.2, 0) is 6.54 Å². The fraction of sp³-hybridized carbons (Fsp3) is 0.263. The van der Waals surface area contributed by atoms with Crippen LogP contribution in [0.4, 0.5) is 0 Å². The molecule has 2 amide bonds. The summed E-state index contributed by atoms with van der Waals surface area (Å²) in [5.41, 5.74) is 2.35. The summed E-state index contributed by atoms with van der Waals surface area (Å²) in [7, 11) is 0. The summed E-state index contributed by atoms with van der Waals surface area (Å²) in [6.07, 6.45) is -0.993. The maximum absolute atomic E-state index is 12.5. The number of aliphatic hydroxyl groups excluding tert-OH is 1. The lowest BCUT2D eigenvalue weighted by Crippen LogP contribution is -2.39. The Kier molecular flexibility index (Phi) is 3.92. The van der Waals surface area contributed by atoms with Crippen molar-refractivity contribution in [3.05, 3.63) is 69.3 Å². The predicted octanol–water partition coefficient (Wildman–Crippen LogP) is 0.770. The van der Waals surface area contributed by atoms with E-state index in [1.807, 2.05) is 0 Å². The van der Waals surface area contributed by atoms with Crippen LogP contribution in [0.25, 0.3) is 5.65 Å². The number of imide groups is 1. The Balaban J connectivity index is 1.60. The van der Waals surface area contributed by atoms with E-state index in [0.29, 0.717) is 28.2 Å². The zero-order chi connectivity index (χ0) is 19.3. The average molecular weight is 366 g/mol. The lowest BCUT2D eigenvalue weighted by atomic mass is 10.1. The highest BCUT2D eigenvalue weighted by Crippen LogP contribution is 2.22. The first-order chi connectivity index (χ1) is 12.9. The van der Waals surface area contributed by atoms with Gasteiger partial charge in [0.05, 0.1) is 36.0 Å². The van der Waals surface area contributed by atoms with Crippen LogP contribution < -0.4 is 5.56 Å². The molecule has 4 rings (SSSR count). The average Bonchev–Trinajstić information content (AvgIpc) is 3.13. The number of carbonyl (C=O) groups excluding carboxylic acids is 2. The summed E-state index contributed by atoms with van der Waals surface area (Å²) in [6.45, 7) is 3.53. The third kappa shape index (κ3) is 2.74. The fourth-order valence-corrected chi connectivity index (χ4v) is 3.46. The van der Waals surface area contributed by atoms with Crippen LogP contribution in [-0.4, -0.2) is 48.7 Å². The monoisotopic (exact) mass is 366 g/mol. The molecule has 1 N–H and O–H groups in total. The number of fused-ring (bicyclic) bond motifs is 2. The Morgan fingerprint density at radius 2 is 1.63 bits per heavy atom. The molecule has 1 unspecified atom stereocenters. The number of carbonyl (C=O) groups is 2. The van der Waals surface area contributed by atoms with E-state index < -0.39 is 17.9 Å². The highest BCUT2D eigenvalue weighted by molar-refractivity contribution is 6.21. The first-order valence-electron chi connectivity index (χ1n) is 8.57. The van der Waals surface area contributed by atoms with Crippen molar-refractivity contribution in [3.63, 3.8) is 0 Å². The van der Waals surface area contributed by atoms with Gasteiger partial charge in [0.2, 0.25) is 0 Å². The van der Waals surface area contributed by atoms with Gasteiger partial charge in [-0.05, 0) is 26.0 Å². The maximum atomic E-state index is 12.5. The molecule has 0 fully saturated rings. The normalized spacial score (nSPS) is 14.9. The van der Waals surface area contributed by atoms with Crippen LogP contribution in [0.5, 0.6) is 0 Å². The number of aromatic nitrogens is 3. The van der Waals surface area contributed by atoms with Crippen molar-refractivity contribution in [2.75, 3.05) is 6.54 Å². The van der Waals surface area contributed by atoms with Crippen LogP contribution in [0.15, 0.2) is 41.2 Å². The Morgan fingerprint density at radius 1 is 1.00 bits per heavy atom. The van der Waals surface area contributed by atoms with Gasteiger partial charge in [0.15, 0.2) is 0 Å². The van der Waals surface area contributed by atoms with Gasteiger partial charge in [0, 0.05) is 17.8 Å². The van der Waals surface area contributed by atoms with Gasteiger partial charge in [-0.2, -0.15) is 9.61 Å². The largest absolute Gasteiger partial charge is 0.389 e. The number of rotatable bonds is 4. The van der Waals surface area contributed by atoms with E-state index in [-0.39, 0.29) is 18.6 Å². The van der Waals surface area contributed by atoms with Crippen LogP contribution in [0.1, 0.15) is 32.1 Å². The number of aliphatic hydroxyl groups is 1. The van der Waals surface area contributed by atoms with Gasteiger partial charge in [0.25, 0.3) is 17.4 Å². The van der Waals surface area contributed by atoms with E-state index >= 15 is 0 Å². The van der Waals surface area contributed by atoms with Gasteiger partial charge in [-0.25, -0.2) is 0 Å². The molecule has 138 valence electrons. The van der Waals surface area contributed by atoms with Crippen LogP contribution in [0.3, 0.4) is 0 Å². The summed E-state index contributed by atoms with van der Waals surface area (Å²) in [6, 6.07) is 9.80. The van der Waals surface area contributed by atoms with Gasteiger partial charge >= 0.3 is 0 Å². The van der Waals surface area contributed by atoms with Crippen LogP contribution in [0, 0.1) is 13.8 Å². The maximum Gasteiger partial charge on any atom is 0.274 e. The molecule has 8 heteroatoms. The number of hydrogen-bond acceptors (Lipinski definition) is 5.